The number of thiophene rings is 1. The smallest absolute Gasteiger partial charge is 0.288 e. The van der Waals surface area contributed by atoms with Crippen LogP contribution in [0.25, 0.3) is 0 Å². The Bertz CT molecular complexity index is 493. The molecule has 0 N–H and O–H groups in total. The molecule has 2 atom stereocenters. The fourth-order valence-corrected chi connectivity index (χ4v) is 3.80. The lowest BCUT2D eigenvalue weighted by atomic mass is 9.71. The summed E-state index contributed by atoms with van der Waals surface area (Å²) in [5, 5.41) is 10.8. The third-order valence-corrected chi connectivity index (χ3v) is 4.54. The van der Waals surface area contributed by atoms with Crippen molar-refractivity contribution >= 4 is 22.6 Å². The molecule has 1 fully saturated rings. The van der Waals surface area contributed by atoms with Crippen molar-refractivity contribution in [3.63, 3.8) is 0 Å². The summed E-state index contributed by atoms with van der Waals surface area (Å²) in [4.78, 5) is 15.8. The summed E-state index contributed by atoms with van der Waals surface area (Å²) in [5.74, 6) is 0.698. The van der Waals surface area contributed by atoms with Gasteiger partial charge in [-0.3, -0.25) is 15.1 Å². The molecule has 2 rings (SSSR count). The van der Waals surface area contributed by atoms with Gasteiger partial charge in [0.1, 0.15) is 0 Å². The summed E-state index contributed by atoms with van der Waals surface area (Å²) in [7, 11) is 0. The minimum absolute atomic E-state index is 0.179. The van der Waals surface area contributed by atoms with Gasteiger partial charge in [0.25, 0.3) is 0 Å². The molecule has 0 unspecified atom stereocenters. The minimum Gasteiger partial charge on any atom is -0.288 e. The first-order chi connectivity index (χ1) is 8.85. The van der Waals surface area contributed by atoms with Gasteiger partial charge in [-0.25, -0.2) is 0 Å². The first-order valence-corrected chi connectivity index (χ1v) is 7.45. The molecule has 104 valence electrons. The molecular weight excluding hydrogens is 260 g/mol. The van der Waals surface area contributed by atoms with E-state index in [1.54, 1.807) is 18.3 Å². The Hall–Kier alpha value is -1.23. The van der Waals surface area contributed by atoms with Gasteiger partial charge in [0.2, 0.25) is 0 Å². The SMILES string of the molecule is C[C@H]1C[C@H](N=Cc2ccc([N+](=O)[O-])s2)CC(C)(C)C1. The van der Waals surface area contributed by atoms with Gasteiger partial charge in [-0.1, -0.05) is 32.1 Å². The van der Waals surface area contributed by atoms with Crippen molar-refractivity contribution in [3.8, 4) is 0 Å². The summed E-state index contributed by atoms with van der Waals surface area (Å²) < 4.78 is 0. The molecule has 1 aliphatic rings. The van der Waals surface area contributed by atoms with E-state index in [2.05, 4.69) is 25.8 Å². The van der Waals surface area contributed by atoms with Gasteiger partial charge in [-0.2, -0.15) is 0 Å². The summed E-state index contributed by atoms with van der Waals surface area (Å²) in [5.41, 5.74) is 0.348. The van der Waals surface area contributed by atoms with Gasteiger partial charge >= 0.3 is 5.00 Å². The van der Waals surface area contributed by atoms with Crippen molar-refractivity contribution in [2.45, 2.75) is 46.1 Å². The van der Waals surface area contributed by atoms with Gasteiger partial charge in [-0.15, -0.1) is 0 Å². The maximum absolute atomic E-state index is 10.6. The van der Waals surface area contributed by atoms with Crippen LogP contribution < -0.4 is 0 Å². The van der Waals surface area contributed by atoms with Crippen molar-refractivity contribution in [3.05, 3.63) is 27.1 Å². The zero-order valence-electron chi connectivity index (χ0n) is 11.6. The average molecular weight is 280 g/mol. The Morgan fingerprint density at radius 1 is 1.47 bits per heavy atom. The van der Waals surface area contributed by atoms with E-state index in [0.29, 0.717) is 17.4 Å². The second-order valence-corrected chi connectivity index (χ2v) is 7.37. The van der Waals surface area contributed by atoms with Crippen molar-refractivity contribution in [1.29, 1.82) is 0 Å². The van der Waals surface area contributed by atoms with Crippen molar-refractivity contribution in [2.75, 3.05) is 0 Å². The van der Waals surface area contributed by atoms with E-state index in [-0.39, 0.29) is 9.92 Å². The summed E-state index contributed by atoms with van der Waals surface area (Å²) >= 11 is 1.18. The Balaban J connectivity index is 2.03. The predicted molar refractivity (Wildman–Crippen MR) is 79.2 cm³/mol. The van der Waals surface area contributed by atoms with E-state index in [1.165, 1.54) is 17.8 Å². The van der Waals surface area contributed by atoms with E-state index in [4.69, 9.17) is 0 Å². The van der Waals surface area contributed by atoms with Crippen LogP contribution in [0.2, 0.25) is 0 Å². The highest BCUT2D eigenvalue weighted by Gasteiger charge is 2.31. The first kappa shape index (κ1) is 14.2. The Morgan fingerprint density at radius 3 is 2.79 bits per heavy atom. The van der Waals surface area contributed by atoms with E-state index >= 15 is 0 Å². The largest absolute Gasteiger partial charge is 0.324 e. The molecule has 1 saturated carbocycles. The van der Waals surface area contributed by atoms with E-state index < -0.39 is 0 Å². The topological polar surface area (TPSA) is 55.5 Å². The highest BCUT2D eigenvalue weighted by atomic mass is 32.1. The predicted octanol–water partition coefficient (Wildman–Crippen LogP) is 4.29. The van der Waals surface area contributed by atoms with Gasteiger partial charge < -0.3 is 0 Å². The first-order valence-electron chi connectivity index (χ1n) is 6.63. The van der Waals surface area contributed by atoms with Crippen LogP contribution in [0.5, 0.6) is 0 Å². The lowest BCUT2D eigenvalue weighted by molar-refractivity contribution is -0.380. The molecule has 0 spiro atoms. The van der Waals surface area contributed by atoms with Crippen LogP contribution >= 0.6 is 11.3 Å². The molecule has 0 radical (unpaired) electrons. The molecule has 4 nitrogen and oxygen atoms in total. The third-order valence-electron chi connectivity index (χ3n) is 3.57. The lowest BCUT2D eigenvalue weighted by Crippen LogP contribution is -2.29. The summed E-state index contributed by atoms with van der Waals surface area (Å²) in [6, 6.07) is 3.66. The number of hydrogen-bond donors (Lipinski definition) is 0. The Morgan fingerprint density at radius 2 is 2.21 bits per heavy atom. The zero-order valence-corrected chi connectivity index (χ0v) is 12.4. The maximum atomic E-state index is 10.6. The van der Waals surface area contributed by atoms with Gasteiger partial charge in [0.15, 0.2) is 0 Å². The van der Waals surface area contributed by atoms with Crippen molar-refractivity contribution in [1.82, 2.24) is 0 Å². The van der Waals surface area contributed by atoms with Gasteiger partial charge in [-0.05, 0) is 36.7 Å². The second kappa shape index (κ2) is 5.41. The van der Waals surface area contributed by atoms with Crippen molar-refractivity contribution in [2.24, 2.45) is 16.3 Å². The highest BCUT2D eigenvalue weighted by molar-refractivity contribution is 7.16. The monoisotopic (exact) mass is 280 g/mol. The lowest BCUT2D eigenvalue weighted by Gasteiger charge is -2.37. The average Bonchev–Trinajstić information content (AvgIpc) is 2.72. The van der Waals surface area contributed by atoms with Crippen LogP contribution in [0.15, 0.2) is 17.1 Å². The second-order valence-electron chi connectivity index (χ2n) is 6.28. The van der Waals surface area contributed by atoms with E-state index in [9.17, 15) is 10.1 Å². The summed E-state index contributed by atoms with van der Waals surface area (Å²) in [6.45, 7) is 6.86. The highest BCUT2D eigenvalue weighted by Crippen LogP contribution is 2.39. The zero-order chi connectivity index (χ0) is 14.0. The molecule has 0 saturated heterocycles. The Kier molecular flexibility index (Phi) is 4.04. The fourth-order valence-electron chi connectivity index (χ4n) is 3.10. The van der Waals surface area contributed by atoms with Crippen LogP contribution in [0, 0.1) is 21.4 Å². The molecule has 0 aromatic carbocycles. The third kappa shape index (κ3) is 3.86. The summed E-state index contributed by atoms with van der Waals surface area (Å²) in [6.07, 6.45) is 5.27. The number of aliphatic imine (C=N–C) groups is 1. The van der Waals surface area contributed by atoms with Gasteiger partial charge in [0, 0.05) is 12.3 Å². The van der Waals surface area contributed by atoms with Crippen LogP contribution in [0.4, 0.5) is 5.00 Å². The van der Waals surface area contributed by atoms with E-state index in [0.717, 1.165) is 17.7 Å². The molecule has 5 heteroatoms. The van der Waals surface area contributed by atoms with Gasteiger partial charge in [0.05, 0.1) is 15.8 Å². The normalized spacial score (nSPS) is 26.7. The van der Waals surface area contributed by atoms with Crippen LogP contribution in [0.3, 0.4) is 0 Å². The molecule has 1 aromatic heterocycles. The molecule has 0 amide bonds. The molecular formula is C14H20N2O2S. The minimum atomic E-state index is -0.353. The standard InChI is InChI=1S/C14H20N2O2S/c1-10-6-11(8-14(2,3)7-10)15-9-12-4-5-13(19-12)16(17)18/h4-5,9-11H,6-8H2,1-3H3/t10-,11-/m0/s1. The molecule has 1 heterocycles. The quantitative estimate of drug-likeness (QED) is 0.471. The number of nitrogens with zero attached hydrogens (tertiary/aromatic N) is 2. The number of hydrogen-bond acceptors (Lipinski definition) is 4. The molecule has 19 heavy (non-hydrogen) atoms. The number of rotatable bonds is 3. The molecule has 0 bridgehead atoms. The Labute approximate surface area is 117 Å². The fraction of sp³-hybridized carbons (Fsp3) is 0.643. The number of nitro groups is 1. The molecule has 1 aliphatic carbocycles. The molecule has 0 aliphatic heterocycles. The van der Waals surface area contributed by atoms with Crippen LogP contribution in [-0.4, -0.2) is 17.2 Å². The van der Waals surface area contributed by atoms with Crippen LogP contribution in [0.1, 0.15) is 44.9 Å². The van der Waals surface area contributed by atoms with Crippen molar-refractivity contribution < 1.29 is 4.92 Å². The van der Waals surface area contributed by atoms with E-state index in [1.807, 2.05) is 0 Å². The van der Waals surface area contributed by atoms with Crippen LogP contribution in [-0.2, 0) is 0 Å². The molecule has 1 aromatic rings. The maximum Gasteiger partial charge on any atom is 0.324 e.